The fourth-order valence-electron chi connectivity index (χ4n) is 3.08. The molecule has 0 fully saturated rings. The van der Waals surface area contributed by atoms with E-state index in [1.165, 1.54) is 7.11 Å². The highest BCUT2D eigenvalue weighted by molar-refractivity contribution is 14.1. The smallest absolute Gasteiger partial charge is 0.363 e. The maximum atomic E-state index is 12.6. The van der Waals surface area contributed by atoms with Crippen molar-refractivity contribution in [2.24, 2.45) is 4.99 Å². The number of carbonyl (C=O) groups excluding carboxylic acids is 2. The molecule has 1 aliphatic heterocycles. The van der Waals surface area contributed by atoms with E-state index in [-0.39, 0.29) is 17.3 Å². The van der Waals surface area contributed by atoms with Gasteiger partial charge in [0.15, 0.2) is 17.2 Å². The van der Waals surface area contributed by atoms with Gasteiger partial charge in [-0.25, -0.2) is 14.6 Å². The van der Waals surface area contributed by atoms with Crippen LogP contribution in [0.15, 0.2) is 65.3 Å². The third kappa shape index (κ3) is 5.27. The van der Waals surface area contributed by atoms with Crippen LogP contribution in [0.4, 0.5) is 0 Å². The molecule has 0 saturated heterocycles. The molecule has 3 aromatic rings. The fourth-order valence-corrected chi connectivity index (χ4v) is 4.12. The maximum Gasteiger partial charge on any atom is 0.363 e. The van der Waals surface area contributed by atoms with E-state index in [1.54, 1.807) is 48.5 Å². The molecule has 3 aromatic carbocycles. The van der Waals surface area contributed by atoms with Crippen molar-refractivity contribution in [3.63, 3.8) is 0 Å². The van der Waals surface area contributed by atoms with Gasteiger partial charge in [0.1, 0.15) is 0 Å². The number of nitrogens with zero attached hydrogens (tertiary/aromatic N) is 1. The Balaban J connectivity index is 1.62. The van der Waals surface area contributed by atoms with Gasteiger partial charge >= 0.3 is 11.9 Å². The SMILES string of the molecule is COc1cc(/C=C2\N=C(c3ccc(Cl)c(Cl)c3)OC2=O)cc(I)c1OC(=O)c1ccc(C)cc1. The number of hydrogen-bond donors (Lipinski definition) is 0. The number of rotatable bonds is 5. The number of cyclic esters (lactones) is 1. The first-order valence-electron chi connectivity index (χ1n) is 9.89. The van der Waals surface area contributed by atoms with Gasteiger partial charge in [0.2, 0.25) is 5.90 Å². The van der Waals surface area contributed by atoms with E-state index < -0.39 is 11.9 Å². The molecule has 0 bridgehead atoms. The van der Waals surface area contributed by atoms with E-state index >= 15 is 0 Å². The molecule has 172 valence electrons. The Bertz CT molecular complexity index is 1370. The molecular formula is C25H16Cl2INO5. The molecule has 0 aliphatic carbocycles. The van der Waals surface area contributed by atoms with Crippen LogP contribution in [-0.2, 0) is 9.53 Å². The molecule has 1 aliphatic rings. The summed E-state index contributed by atoms with van der Waals surface area (Å²) < 4.78 is 16.9. The highest BCUT2D eigenvalue weighted by Gasteiger charge is 2.25. The van der Waals surface area contributed by atoms with Crippen LogP contribution in [0.1, 0.15) is 27.0 Å². The van der Waals surface area contributed by atoms with Crippen molar-refractivity contribution in [3.8, 4) is 11.5 Å². The zero-order valence-corrected chi connectivity index (χ0v) is 21.6. The molecule has 34 heavy (non-hydrogen) atoms. The lowest BCUT2D eigenvalue weighted by Crippen LogP contribution is -2.10. The van der Waals surface area contributed by atoms with Gasteiger partial charge < -0.3 is 14.2 Å². The van der Waals surface area contributed by atoms with Crippen LogP contribution < -0.4 is 9.47 Å². The van der Waals surface area contributed by atoms with Gasteiger partial charge in [-0.15, -0.1) is 0 Å². The van der Waals surface area contributed by atoms with Gasteiger partial charge in [0, 0.05) is 5.56 Å². The number of aryl methyl sites for hydroxylation is 1. The van der Waals surface area contributed by atoms with Crippen molar-refractivity contribution in [2.75, 3.05) is 7.11 Å². The number of esters is 2. The van der Waals surface area contributed by atoms with Crippen molar-refractivity contribution < 1.29 is 23.8 Å². The van der Waals surface area contributed by atoms with Crippen LogP contribution in [0.3, 0.4) is 0 Å². The highest BCUT2D eigenvalue weighted by Crippen LogP contribution is 2.36. The second-order valence-electron chi connectivity index (χ2n) is 7.25. The van der Waals surface area contributed by atoms with Crippen molar-refractivity contribution in [1.29, 1.82) is 0 Å². The minimum atomic E-state index is -0.607. The summed E-state index contributed by atoms with van der Waals surface area (Å²) in [6.45, 7) is 1.94. The average Bonchev–Trinajstić information content (AvgIpc) is 3.17. The lowest BCUT2D eigenvalue weighted by atomic mass is 10.1. The lowest BCUT2D eigenvalue weighted by molar-refractivity contribution is -0.129. The number of ether oxygens (including phenoxy) is 3. The van der Waals surface area contributed by atoms with Crippen LogP contribution in [0.25, 0.3) is 6.08 Å². The first-order chi connectivity index (χ1) is 16.2. The van der Waals surface area contributed by atoms with Gasteiger partial charge in [0.25, 0.3) is 0 Å². The summed E-state index contributed by atoms with van der Waals surface area (Å²) in [7, 11) is 1.47. The van der Waals surface area contributed by atoms with Gasteiger partial charge in [-0.2, -0.15) is 0 Å². The molecule has 0 amide bonds. The van der Waals surface area contributed by atoms with Gasteiger partial charge in [-0.3, -0.25) is 0 Å². The van der Waals surface area contributed by atoms with E-state index in [0.29, 0.717) is 36.1 Å². The van der Waals surface area contributed by atoms with Crippen LogP contribution in [0.2, 0.25) is 10.0 Å². The van der Waals surface area contributed by atoms with Crippen molar-refractivity contribution in [1.82, 2.24) is 0 Å². The first-order valence-corrected chi connectivity index (χ1v) is 11.7. The molecule has 9 heteroatoms. The monoisotopic (exact) mass is 607 g/mol. The Morgan fingerprint density at radius 3 is 2.47 bits per heavy atom. The Hall–Kier alpha value is -2.88. The maximum absolute atomic E-state index is 12.6. The topological polar surface area (TPSA) is 74.2 Å². The van der Waals surface area contributed by atoms with Gasteiger partial charge in [0.05, 0.1) is 26.3 Å². The van der Waals surface area contributed by atoms with Crippen LogP contribution in [0.5, 0.6) is 11.5 Å². The summed E-state index contributed by atoms with van der Waals surface area (Å²) in [6, 6.07) is 15.3. The molecule has 0 radical (unpaired) electrons. The third-order valence-electron chi connectivity index (χ3n) is 4.82. The predicted molar refractivity (Wildman–Crippen MR) is 139 cm³/mol. The van der Waals surface area contributed by atoms with Crippen LogP contribution in [-0.4, -0.2) is 24.9 Å². The molecule has 0 saturated carbocycles. The molecule has 1 heterocycles. The molecule has 4 rings (SSSR count). The normalized spacial score (nSPS) is 14.1. The Morgan fingerprint density at radius 2 is 1.79 bits per heavy atom. The van der Waals surface area contributed by atoms with E-state index in [4.69, 9.17) is 37.4 Å². The van der Waals surface area contributed by atoms with Gasteiger partial charge in [-0.05, 0) is 83.6 Å². The predicted octanol–water partition coefficient (Wildman–Crippen LogP) is 6.48. The number of benzene rings is 3. The summed E-state index contributed by atoms with van der Waals surface area (Å²) >= 11 is 14.0. The lowest BCUT2D eigenvalue weighted by Gasteiger charge is -2.12. The summed E-state index contributed by atoms with van der Waals surface area (Å²) in [4.78, 5) is 29.2. The zero-order chi connectivity index (χ0) is 24.4. The molecule has 0 unspecified atom stereocenters. The van der Waals surface area contributed by atoms with E-state index in [9.17, 15) is 9.59 Å². The zero-order valence-electron chi connectivity index (χ0n) is 17.9. The van der Waals surface area contributed by atoms with E-state index in [1.807, 2.05) is 41.6 Å². The Morgan fingerprint density at radius 1 is 1.06 bits per heavy atom. The summed E-state index contributed by atoms with van der Waals surface area (Å²) in [5, 5.41) is 0.710. The fraction of sp³-hybridized carbons (Fsp3) is 0.0800. The molecule has 0 atom stereocenters. The standard InChI is InChI=1S/C25H16Cl2INO5/c1-13-3-5-15(6-4-13)24(30)33-22-19(28)9-14(11-21(22)32-2)10-20-25(31)34-23(29-20)16-7-8-17(26)18(27)12-16/h3-12H,1-2H3/b20-10-. The molecular weight excluding hydrogens is 592 g/mol. The Labute approximate surface area is 219 Å². The summed E-state index contributed by atoms with van der Waals surface area (Å²) in [5.74, 6) is -0.369. The second kappa shape index (κ2) is 10.2. The number of halogens is 3. The average molecular weight is 608 g/mol. The second-order valence-corrected chi connectivity index (χ2v) is 9.23. The number of methoxy groups -OCH3 is 1. The van der Waals surface area contributed by atoms with E-state index in [2.05, 4.69) is 4.99 Å². The molecule has 6 nitrogen and oxygen atoms in total. The first kappa shape index (κ1) is 24.3. The number of carbonyl (C=O) groups is 2. The van der Waals surface area contributed by atoms with Crippen molar-refractivity contribution >= 4 is 69.7 Å². The quantitative estimate of drug-likeness (QED) is 0.144. The van der Waals surface area contributed by atoms with Crippen LogP contribution in [0, 0.1) is 10.5 Å². The van der Waals surface area contributed by atoms with Crippen molar-refractivity contribution in [2.45, 2.75) is 6.92 Å². The molecule has 0 spiro atoms. The van der Waals surface area contributed by atoms with Crippen LogP contribution >= 0.6 is 45.8 Å². The molecule has 0 N–H and O–H groups in total. The molecule has 0 aromatic heterocycles. The minimum Gasteiger partial charge on any atom is -0.493 e. The van der Waals surface area contributed by atoms with Crippen molar-refractivity contribution in [3.05, 3.63) is 96.2 Å². The third-order valence-corrected chi connectivity index (χ3v) is 6.36. The number of hydrogen-bond acceptors (Lipinski definition) is 6. The summed E-state index contributed by atoms with van der Waals surface area (Å²) in [6.07, 6.45) is 1.56. The minimum absolute atomic E-state index is 0.100. The number of aliphatic imine (C=N–C) groups is 1. The highest BCUT2D eigenvalue weighted by atomic mass is 127. The summed E-state index contributed by atoms with van der Waals surface area (Å²) in [5.41, 5.74) is 2.70. The van der Waals surface area contributed by atoms with E-state index in [0.717, 1.165) is 5.56 Å². The van der Waals surface area contributed by atoms with Gasteiger partial charge in [-0.1, -0.05) is 40.9 Å². The largest absolute Gasteiger partial charge is 0.493 e. The Kier molecular flexibility index (Phi) is 7.25.